The Hall–Kier alpha value is -5.66. The molecule has 4 heteroatoms. The van der Waals surface area contributed by atoms with E-state index < -0.39 is 0 Å². The molecule has 0 saturated heterocycles. The smallest absolute Gasteiger partial charge is 0.101 e. The molecular weight excluding hydrogens is 488 g/mol. The van der Waals surface area contributed by atoms with Gasteiger partial charge in [0.15, 0.2) is 0 Å². The highest BCUT2D eigenvalue weighted by Crippen LogP contribution is 2.40. The summed E-state index contributed by atoms with van der Waals surface area (Å²) in [6, 6.07) is 46.3. The number of para-hydroxylation sites is 5. The van der Waals surface area contributed by atoms with Crippen molar-refractivity contribution in [3.8, 4) is 28.7 Å². The Morgan fingerprint density at radius 3 is 1.52 bits per heavy atom. The predicted molar refractivity (Wildman–Crippen MR) is 163 cm³/mol. The summed E-state index contributed by atoms with van der Waals surface area (Å²) in [6.07, 6.45) is 1.83. The summed E-state index contributed by atoms with van der Waals surface area (Å²) in [5.41, 5.74) is 8.48. The van der Waals surface area contributed by atoms with Crippen molar-refractivity contribution < 1.29 is 0 Å². The molecule has 186 valence electrons. The first-order chi connectivity index (χ1) is 19.8. The summed E-state index contributed by atoms with van der Waals surface area (Å²) in [7, 11) is 0. The van der Waals surface area contributed by atoms with E-state index in [0.29, 0.717) is 5.56 Å². The lowest BCUT2D eigenvalue weighted by Gasteiger charge is -2.18. The normalized spacial score (nSPS) is 11.5. The fourth-order valence-corrected chi connectivity index (χ4v) is 6.20. The summed E-state index contributed by atoms with van der Waals surface area (Å²) in [4.78, 5) is 4.98. The standard InChI is InChI=1S/C36H22N4/c37-23-24-11-9-16-29(36(24)40-32-19-7-3-14-27(32)28-15-4-8-20-33(28)40)35-34(21-10-22-38-35)39-30-17-5-1-12-25(30)26-13-2-6-18-31(26)39/h1-22H. The average molecular weight is 511 g/mol. The largest absolute Gasteiger partial charge is 0.307 e. The Balaban J connectivity index is 1.51. The number of pyridine rings is 1. The zero-order valence-corrected chi connectivity index (χ0v) is 21.5. The fourth-order valence-electron chi connectivity index (χ4n) is 6.20. The molecule has 0 fully saturated rings. The second-order valence-corrected chi connectivity index (χ2v) is 9.92. The van der Waals surface area contributed by atoms with Crippen LogP contribution in [0.25, 0.3) is 66.2 Å². The van der Waals surface area contributed by atoms with Gasteiger partial charge in [-0.2, -0.15) is 5.26 Å². The number of fused-ring (bicyclic) bond motifs is 6. The van der Waals surface area contributed by atoms with Crippen molar-refractivity contribution >= 4 is 43.6 Å². The van der Waals surface area contributed by atoms with E-state index in [1.807, 2.05) is 24.4 Å². The Morgan fingerprint density at radius 2 is 1.00 bits per heavy atom. The van der Waals surface area contributed by atoms with Crippen LogP contribution in [0.3, 0.4) is 0 Å². The summed E-state index contributed by atoms with van der Waals surface area (Å²) >= 11 is 0. The molecule has 8 aromatic rings. The van der Waals surface area contributed by atoms with E-state index in [9.17, 15) is 5.26 Å². The van der Waals surface area contributed by atoms with E-state index in [1.54, 1.807) is 0 Å². The summed E-state index contributed by atoms with van der Waals surface area (Å²) in [6.45, 7) is 0. The van der Waals surface area contributed by atoms with Gasteiger partial charge in [0.2, 0.25) is 0 Å². The molecule has 0 aliphatic heterocycles. The molecule has 0 aliphatic rings. The first kappa shape index (κ1) is 22.3. The zero-order chi connectivity index (χ0) is 26.6. The van der Waals surface area contributed by atoms with Gasteiger partial charge in [0.05, 0.1) is 44.7 Å². The van der Waals surface area contributed by atoms with Crippen molar-refractivity contribution in [1.82, 2.24) is 14.1 Å². The first-order valence-electron chi connectivity index (χ1n) is 13.3. The molecule has 0 unspecified atom stereocenters. The highest BCUT2D eigenvalue weighted by atomic mass is 15.0. The van der Waals surface area contributed by atoms with Gasteiger partial charge in [0.1, 0.15) is 6.07 Å². The SMILES string of the molecule is N#Cc1cccc(-c2ncccc2-n2c3ccccc3c3ccccc32)c1-n1c2ccccc2c2ccccc21. The highest BCUT2D eigenvalue weighted by molar-refractivity contribution is 6.11. The zero-order valence-electron chi connectivity index (χ0n) is 21.5. The fraction of sp³-hybridized carbons (Fsp3) is 0. The number of nitriles is 1. The van der Waals surface area contributed by atoms with Crippen LogP contribution in [0.4, 0.5) is 0 Å². The van der Waals surface area contributed by atoms with E-state index in [4.69, 9.17) is 4.98 Å². The molecule has 3 aromatic heterocycles. The predicted octanol–water partition coefficient (Wildman–Crippen LogP) is 8.81. The van der Waals surface area contributed by atoms with Crippen LogP contribution in [0.15, 0.2) is 134 Å². The molecule has 5 aromatic carbocycles. The lowest BCUT2D eigenvalue weighted by Crippen LogP contribution is -2.04. The van der Waals surface area contributed by atoms with Crippen LogP contribution in [0, 0.1) is 11.3 Å². The molecule has 0 amide bonds. The lowest BCUT2D eigenvalue weighted by atomic mass is 10.0. The average Bonchev–Trinajstić information content (AvgIpc) is 3.54. The van der Waals surface area contributed by atoms with Gasteiger partial charge in [-0.1, -0.05) is 84.9 Å². The Kier molecular flexibility index (Phi) is 4.85. The number of hydrogen-bond acceptors (Lipinski definition) is 2. The molecule has 0 aliphatic carbocycles. The van der Waals surface area contributed by atoms with E-state index in [0.717, 1.165) is 55.5 Å². The minimum absolute atomic E-state index is 0.600. The third-order valence-electron chi connectivity index (χ3n) is 7.82. The van der Waals surface area contributed by atoms with Crippen molar-refractivity contribution in [2.75, 3.05) is 0 Å². The minimum atomic E-state index is 0.600. The summed E-state index contributed by atoms with van der Waals surface area (Å²) in [5.74, 6) is 0. The van der Waals surface area contributed by atoms with Crippen molar-refractivity contribution in [1.29, 1.82) is 5.26 Å². The molecular formula is C36H22N4. The molecule has 0 spiro atoms. The van der Waals surface area contributed by atoms with Crippen molar-refractivity contribution in [2.24, 2.45) is 0 Å². The van der Waals surface area contributed by atoms with Gasteiger partial charge in [-0.05, 0) is 42.5 Å². The summed E-state index contributed by atoms with van der Waals surface area (Å²) < 4.78 is 4.52. The summed E-state index contributed by atoms with van der Waals surface area (Å²) in [5, 5.41) is 15.1. The lowest BCUT2D eigenvalue weighted by molar-refractivity contribution is 1.12. The first-order valence-corrected chi connectivity index (χ1v) is 13.3. The third-order valence-corrected chi connectivity index (χ3v) is 7.82. The number of nitrogens with zero attached hydrogens (tertiary/aromatic N) is 4. The Bertz CT molecular complexity index is 2190. The van der Waals surface area contributed by atoms with Crippen LogP contribution >= 0.6 is 0 Å². The molecule has 3 heterocycles. The van der Waals surface area contributed by atoms with Crippen molar-refractivity contribution in [3.05, 3.63) is 139 Å². The van der Waals surface area contributed by atoms with E-state index in [-0.39, 0.29) is 0 Å². The van der Waals surface area contributed by atoms with Crippen LogP contribution in [0.5, 0.6) is 0 Å². The van der Waals surface area contributed by atoms with Gasteiger partial charge in [-0.25, -0.2) is 0 Å². The van der Waals surface area contributed by atoms with Crippen LogP contribution in [-0.4, -0.2) is 14.1 Å². The Labute approximate surface area is 230 Å². The van der Waals surface area contributed by atoms with Gasteiger partial charge in [-0.3, -0.25) is 4.98 Å². The number of benzene rings is 5. The van der Waals surface area contributed by atoms with Gasteiger partial charge in [0.25, 0.3) is 0 Å². The quantitative estimate of drug-likeness (QED) is 0.238. The number of rotatable bonds is 3. The second-order valence-electron chi connectivity index (χ2n) is 9.92. The van der Waals surface area contributed by atoms with E-state index in [2.05, 4.69) is 124 Å². The van der Waals surface area contributed by atoms with Crippen molar-refractivity contribution in [3.63, 3.8) is 0 Å². The topological polar surface area (TPSA) is 46.5 Å². The minimum Gasteiger partial charge on any atom is -0.307 e. The van der Waals surface area contributed by atoms with Crippen LogP contribution in [-0.2, 0) is 0 Å². The molecule has 0 bridgehead atoms. The molecule has 4 nitrogen and oxygen atoms in total. The van der Waals surface area contributed by atoms with Crippen LogP contribution in [0.1, 0.15) is 5.56 Å². The number of aromatic nitrogens is 3. The molecule has 0 N–H and O–H groups in total. The second kappa shape index (κ2) is 8.69. The van der Waals surface area contributed by atoms with E-state index >= 15 is 0 Å². The van der Waals surface area contributed by atoms with Gasteiger partial charge >= 0.3 is 0 Å². The molecule has 0 radical (unpaired) electrons. The molecule has 0 saturated carbocycles. The maximum absolute atomic E-state index is 10.4. The van der Waals surface area contributed by atoms with Gasteiger partial charge < -0.3 is 9.13 Å². The van der Waals surface area contributed by atoms with E-state index in [1.165, 1.54) is 10.8 Å². The molecule has 8 rings (SSSR count). The van der Waals surface area contributed by atoms with Gasteiger partial charge in [0, 0.05) is 33.3 Å². The Morgan fingerprint density at radius 1 is 0.500 bits per heavy atom. The van der Waals surface area contributed by atoms with Crippen LogP contribution in [0.2, 0.25) is 0 Å². The number of hydrogen-bond donors (Lipinski definition) is 0. The highest BCUT2D eigenvalue weighted by Gasteiger charge is 2.22. The maximum atomic E-state index is 10.4. The maximum Gasteiger partial charge on any atom is 0.101 e. The molecule has 40 heavy (non-hydrogen) atoms. The molecule has 0 atom stereocenters. The van der Waals surface area contributed by atoms with Gasteiger partial charge in [-0.15, -0.1) is 0 Å². The third kappa shape index (κ3) is 3.09. The van der Waals surface area contributed by atoms with Crippen molar-refractivity contribution in [2.45, 2.75) is 0 Å². The van der Waals surface area contributed by atoms with Crippen LogP contribution < -0.4 is 0 Å². The monoisotopic (exact) mass is 510 g/mol.